The number of esters is 1. The highest BCUT2D eigenvalue weighted by molar-refractivity contribution is 7.16. The minimum absolute atomic E-state index is 0.197. The summed E-state index contributed by atoms with van der Waals surface area (Å²) < 4.78 is 10.4. The van der Waals surface area contributed by atoms with Crippen LogP contribution in [0.3, 0.4) is 0 Å². The highest BCUT2D eigenvalue weighted by Crippen LogP contribution is 2.35. The molecule has 6 nitrogen and oxygen atoms in total. The van der Waals surface area contributed by atoms with Crippen molar-refractivity contribution in [2.75, 3.05) is 6.61 Å². The quantitative estimate of drug-likeness (QED) is 0.522. The van der Waals surface area contributed by atoms with Gasteiger partial charge in [-0.2, -0.15) is 0 Å². The number of ether oxygens (including phenoxy) is 1. The van der Waals surface area contributed by atoms with E-state index in [1.165, 1.54) is 17.6 Å². The number of aromatic hydroxyl groups is 1. The van der Waals surface area contributed by atoms with Crippen LogP contribution >= 0.6 is 11.3 Å². The summed E-state index contributed by atoms with van der Waals surface area (Å²) in [5.41, 5.74) is 2.23. The van der Waals surface area contributed by atoms with E-state index < -0.39 is 5.97 Å². The summed E-state index contributed by atoms with van der Waals surface area (Å²) in [6, 6.07) is 9.25. The van der Waals surface area contributed by atoms with E-state index >= 15 is 0 Å². The Hall–Kier alpha value is -2.93. The van der Waals surface area contributed by atoms with Crippen LogP contribution in [0.15, 0.2) is 39.7 Å². The third-order valence-corrected chi connectivity index (χ3v) is 4.92. The number of carbonyl (C=O) groups excluding carboxylic acids is 1. The molecule has 0 saturated heterocycles. The standard InChI is InChI=1S/C19H18N2O4S/c1-4-24-19(23)15-11(2)12(3)26-17(15)20-10-14-18(22)25-16(21-14)13-8-6-5-7-9-13/h5-10,22H,4H2,1-3H3/b20-10-. The fourth-order valence-corrected chi connectivity index (χ4v) is 3.36. The topological polar surface area (TPSA) is 84.9 Å². The van der Waals surface area contributed by atoms with Crippen LogP contribution in [0.2, 0.25) is 0 Å². The lowest BCUT2D eigenvalue weighted by molar-refractivity contribution is 0.0527. The zero-order valence-electron chi connectivity index (χ0n) is 14.6. The van der Waals surface area contributed by atoms with Gasteiger partial charge in [-0.15, -0.1) is 11.3 Å². The number of aliphatic imine (C=N–C) groups is 1. The van der Waals surface area contributed by atoms with Gasteiger partial charge < -0.3 is 14.3 Å². The van der Waals surface area contributed by atoms with Crippen molar-refractivity contribution in [3.63, 3.8) is 0 Å². The SMILES string of the molecule is CCOC(=O)c1c(/N=C\c2nc(-c3ccccc3)oc2O)sc(C)c1C. The first-order valence-corrected chi connectivity index (χ1v) is 8.89. The average molecular weight is 370 g/mol. The van der Waals surface area contributed by atoms with E-state index in [9.17, 15) is 9.90 Å². The molecule has 0 aliphatic rings. The number of hydrogen-bond acceptors (Lipinski definition) is 7. The predicted molar refractivity (Wildman–Crippen MR) is 101 cm³/mol. The van der Waals surface area contributed by atoms with Gasteiger partial charge in [0.1, 0.15) is 5.00 Å². The van der Waals surface area contributed by atoms with Gasteiger partial charge in [0.05, 0.1) is 18.4 Å². The first-order valence-electron chi connectivity index (χ1n) is 8.07. The van der Waals surface area contributed by atoms with Crippen molar-refractivity contribution in [1.82, 2.24) is 4.98 Å². The Balaban J connectivity index is 1.93. The van der Waals surface area contributed by atoms with Gasteiger partial charge in [0.25, 0.3) is 0 Å². The lowest BCUT2D eigenvalue weighted by atomic mass is 10.1. The van der Waals surface area contributed by atoms with Crippen molar-refractivity contribution in [1.29, 1.82) is 0 Å². The maximum Gasteiger partial charge on any atom is 0.341 e. The largest absolute Gasteiger partial charge is 0.479 e. The highest BCUT2D eigenvalue weighted by atomic mass is 32.1. The summed E-state index contributed by atoms with van der Waals surface area (Å²) in [5.74, 6) is -0.431. The van der Waals surface area contributed by atoms with Crippen LogP contribution in [0.5, 0.6) is 5.95 Å². The number of aromatic nitrogens is 1. The molecular formula is C19H18N2O4S. The normalized spacial score (nSPS) is 11.2. The molecule has 0 atom stereocenters. The molecule has 1 aromatic carbocycles. The van der Waals surface area contributed by atoms with Crippen molar-refractivity contribution >= 4 is 28.5 Å². The van der Waals surface area contributed by atoms with Gasteiger partial charge in [-0.1, -0.05) is 18.2 Å². The smallest absolute Gasteiger partial charge is 0.341 e. The molecule has 0 bridgehead atoms. The molecule has 0 amide bonds. The second kappa shape index (κ2) is 7.53. The van der Waals surface area contributed by atoms with Gasteiger partial charge in [-0.05, 0) is 38.5 Å². The van der Waals surface area contributed by atoms with Crippen molar-refractivity contribution < 1.29 is 19.1 Å². The van der Waals surface area contributed by atoms with E-state index in [2.05, 4.69) is 9.98 Å². The molecule has 7 heteroatoms. The molecular weight excluding hydrogens is 352 g/mol. The number of oxazole rings is 1. The number of hydrogen-bond donors (Lipinski definition) is 1. The molecule has 26 heavy (non-hydrogen) atoms. The van der Waals surface area contributed by atoms with Gasteiger partial charge in [-0.25, -0.2) is 14.8 Å². The lowest BCUT2D eigenvalue weighted by Crippen LogP contribution is -2.05. The second-order valence-electron chi connectivity index (χ2n) is 5.52. The molecule has 0 fully saturated rings. The van der Waals surface area contributed by atoms with Crippen LogP contribution in [-0.4, -0.2) is 28.9 Å². The first kappa shape index (κ1) is 17.9. The number of nitrogens with zero attached hydrogens (tertiary/aromatic N) is 2. The fourth-order valence-electron chi connectivity index (χ4n) is 2.38. The molecule has 2 aromatic heterocycles. The molecule has 0 aliphatic heterocycles. The van der Waals surface area contributed by atoms with Gasteiger partial charge in [0.2, 0.25) is 5.89 Å². The number of carbonyl (C=O) groups is 1. The number of rotatable bonds is 5. The Morgan fingerprint density at radius 1 is 1.35 bits per heavy atom. The number of aryl methyl sites for hydroxylation is 1. The zero-order valence-corrected chi connectivity index (χ0v) is 15.5. The van der Waals surface area contributed by atoms with Crippen LogP contribution in [0.1, 0.15) is 33.4 Å². The minimum atomic E-state index is -0.407. The monoisotopic (exact) mass is 370 g/mol. The number of thiophene rings is 1. The summed E-state index contributed by atoms with van der Waals surface area (Å²) >= 11 is 1.38. The van der Waals surface area contributed by atoms with E-state index in [4.69, 9.17) is 9.15 Å². The van der Waals surface area contributed by atoms with Crippen molar-refractivity contribution in [2.24, 2.45) is 4.99 Å². The molecule has 3 aromatic rings. The van der Waals surface area contributed by atoms with Crippen molar-refractivity contribution in [2.45, 2.75) is 20.8 Å². The molecule has 0 unspecified atom stereocenters. The van der Waals surface area contributed by atoms with Gasteiger partial charge in [0, 0.05) is 10.4 Å². The van der Waals surface area contributed by atoms with E-state index in [0.29, 0.717) is 23.1 Å². The number of benzene rings is 1. The minimum Gasteiger partial charge on any atom is -0.479 e. The zero-order chi connectivity index (χ0) is 18.7. The van der Waals surface area contributed by atoms with Crippen LogP contribution in [0.25, 0.3) is 11.5 Å². The second-order valence-corrected chi connectivity index (χ2v) is 6.72. The van der Waals surface area contributed by atoms with Crippen LogP contribution in [0, 0.1) is 13.8 Å². The molecule has 0 spiro atoms. The van der Waals surface area contributed by atoms with Crippen LogP contribution in [0.4, 0.5) is 5.00 Å². The van der Waals surface area contributed by atoms with E-state index in [1.54, 1.807) is 6.92 Å². The molecule has 0 aliphatic carbocycles. The van der Waals surface area contributed by atoms with Crippen molar-refractivity contribution in [3.8, 4) is 17.4 Å². The summed E-state index contributed by atoms with van der Waals surface area (Å²) in [6.07, 6.45) is 1.39. The lowest BCUT2D eigenvalue weighted by Gasteiger charge is -2.02. The Bertz CT molecular complexity index is 958. The first-order chi connectivity index (χ1) is 12.5. The Morgan fingerprint density at radius 2 is 2.08 bits per heavy atom. The van der Waals surface area contributed by atoms with Gasteiger partial charge in [-0.3, -0.25) is 0 Å². The maximum absolute atomic E-state index is 12.2. The van der Waals surface area contributed by atoms with Crippen LogP contribution in [-0.2, 0) is 4.74 Å². The molecule has 3 rings (SSSR count). The van der Waals surface area contributed by atoms with Crippen molar-refractivity contribution in [3.05, 3.63) is 52.0 Å². The summed E-state index contributed by atoms with van der Waals surface area (Å²) in [5, 5.41) is 10.5. The Morgan fingerprint density at radius 3 is 2.77 bits per heavy atom. The van der Waals surface area contributed by atoms with E-state index in [0.717, 1.165) is 16.0 Å². The van der Waals surface area contributed by atoms with Crippen LogP contribution < -0.4 is 0 Å². The third kappa shape index (κ3) is 3.52. The predicted octanol–water partition coefficient (Wildman–Crippen LogP) is 4.65. The maximum atomic E-state index is 12.2. The van der Waals surface area contributed by atoms with E-state index in [1.807, 2.05) is 44.2 Å². The van der Waals surface area contributed by atoms with E-state index in [-0.39, 0.29) is 11.6 Å². The third-order valence-electron chi connectivity index (χ3n) is 3.81. The Labute approximate surface area is 154 Å². The summed E-state index contributed by atoms with van der Waals surface area (Å²) in [6.45, 7) is 5.83. The fraction of sp³-hybridized carbons (Fsp3) is 0.211. The highest BCUT2D eigenvalue weighted by Gasteiger charge is 2.20. The molecule has 134 valence electrons. The Kier molecular flexibility index (Phi) is 5.18. The summed E-state index contributed by atoms with van der Waals surface area (Å²) in [4.78, 5) is 21.8. The molecule has 2 heterocycles. The molecule has 1 N–H and O–H groups in total. The molecule has 0 saturated carbocycles. The van der Waals surface area contributed by atoms with Gasteiger partial charge in [0.15, 0.2) is 5.69 Å². The molecule has 0 radical (unpaired) electrons. The summed E-state index contributed by atoms with van der Waals surface area (Å²) in [7, 11) is 0. The van der Waals surface area contributed by atoms with Gasteiger partial charge >= 0.3 is 11.9 Å². The average Bonchev–Trinajstić information content (AvgIpc) is 3.14.